The second kappa shape index (κ2) is 8.08. The zero-order valence-corrected chi connectivity index (χ0v) is 12.3. The van der Waals surface area contributed by atoms with Crippen LogP contribution in [0.15, 0.2) is 0 Å². The van der Waals surface area contributed by atoms with E-state index in [4.69, 9.17) is 0 Å². The van der Waals surface area contributed by atoms with E-state index >= 15 is 0 Å². The number of rotatable bonds is 9. The van der Waals surface area contributed by atoms with Crippen LogP contribution >= 0.6 is 0 Å². The van der Waals surface area contributed by atoms with E-state index in [1.54, 1.807) is 0 Å². The maximum Gasteiger partial charge on any atom is 0.00447 e. The maximum absolute atomic E-state index is 3.54. The highest BCUT2D eigenvalue weighted by atomic mass is 15.1. The lowest BCUT2D eigenvalue weighted by Crippen LogP contribution is -2.42. The van der Waals surface area contributed by atoms with Crippen LogP contribution in [0.25, 0.3) is 0 Å². The van der Waals surface area contributed by atoms with Crippen LogP contribution in [-0.2, 0) is 0 Å². The molecule has 98 valence electrons. The van der Waals surface area contributed by atoms with Gasteiger partial charge in [-0.1, -0.05) is 48.0 Å². The molecular weight excluding hydrogens is 196 g/mol. The van der Waals surface area contributed by atoms with Crippen molar-refractivity contribution in [1.29, 1.82) is 0 Å². The van der Waals surface area contributed by atoms with Crippen LogP contribution in [0.4, 0.5) is 0 Å². The van der Waals surface area contributed by atoms with Crippen molar-refractivity contribution in [3.05, 3.63) is 0 Å². The van der Waals surface area contributed by atoms with E-state index in [9.17, 15) is 0 Å². The third-order valence-corrected chi connectivity index (χ3v) is 2.92. The molecule has 0 saturated carbocycles. The quantitative estimate of drug-likeness (QED) is 0.652. The molecule has 0 spiro atoms. The van der Waals surface area contributed by atoms with Crippen LogP contribution in [0.2, 0.25) is 0 Å². The fraction of sp³-hybridized carbons (Fsp3) is 1.00. The van der Waals surface area contributed by atoms with E-state index < -0.39 is 0 Å². The Hall–Kier alpha value is -0.0800. The molecule has 0 aromatic carbocycles. The van der Waals surface area contributed by atoms with Gasteiger partial charge in [0.1, 0.15) is 0 Å². The number of hydrogen-bond acceptors (Lipinski definition) is 2. The van der Waals surface area contributed by atoms with Crippen molar-refractivity contribution in [3.8, 4) is 0 Å². The van der Waals surface area contributed by atoms with E-state index in [1.807, 2.05) is 0 Å². The summed E-state index contributed by atoms with van der Waals surface area (Å²) in [5.41, 5.74) is 0.369. The summed E-state index contributed by atoms with van der Waals surface area (Å²) in [7, 11) is 0. The maximum atomic E-state index is 3.54. The third-order valence-electron chi connectivity index (χ3n) is 2.92. The molecule has 0 amide bonds. The SMILES string of the molecule is CCCCN(CC)CC(C)(C)CNC(C)C. The van der Waals surface area contributed by atoms with Crippen molar-refractivity contribution < 1.29 is 0 Å². The topological polar surface area (TPSA) is 15.3 Å². The molecule has 0 atom stereocenters. The van der Waals surface area contributed by atoms with Gasteiger partial charge in [0.05, 0.1) is 0 Å². The van der Waals surface area contributed by atoms with Gasteiger partial charge in [-0.3, -0.25) is 0 Å². The first-order valence-corrected chi connectivity index (χ1v) is 6.87. The molecule has 0 radical (unpaired) electrons. The second-order valence-electron chi connectivity index (χ2n) is 5.92. The van der Waals surface area contributed by atoms with Crippen molar-refractivity contribution in [1.82, 2.24) is 10.2 Å². The fourth-order valence-corrected chi connectivity index (χ4v) is 1.87. The smallest absolute Gasteiger partial charge is 0.00447 e. The predicted molar refractivity (Wildman–Crippen MR) is 73.9 cm³/mol. The van der Waals surface area contributed by atoms with Gasteiger partial charge in [0.2, 0.25) is 0 Å². The van der Waals surface area contributed by atoms with E-state index in [0.29, 0.717) is 11.5 Å². The van der Waals surface area contributed by atoms with Crippen LogP contribution in [-0.4, -0.2) is 37.1 Å². The lowest BCUT2D eigenvalue weighted by Gasteiger charge is -2.33. The first-order valence-electron chi connectivity index (χ1n) is 6.87. The number of nitrogens with one attached hydrogen (secondary N) is 1. The molecule has 0 saturated heterocycles. The minimum absolute atomic E-state index is 0.369. The monoisotopic (exact) mass is 228 g/mol. The minimum Gasteiger partial charge on any atom is -0.314 e. The van der Waals surface area contributed by atoms with Crippen molar-refractivity contribution in [2.24, 2.45) is 5.41 Å². The summed E-state index contributed by atoms with van der Waals surface area (Å²) in [4.78, 5) is 2.57. The largest absolute Gasteiger partial charge is 0.314 e. The molecule has 0 aliphatic rings. The Bertz CT molecular complexity index is 164. The average molecular weight is 228 g/mol. The highest BCUT2D eigenvalue weighted by molar-refractivity contribution is 4.76. The number of nitrogens with zero attached hydrogens (tertiary/aromatic N) is 1. The molecule has 0 aromatic heterocycles. The van der Waals surface area contributed by atoms with Gasteiger partial charge in [0.15, 0.2) is 0 Å². The molecule has 0 aliphatic carbocycles. The minimum atomic E-state index is 0.369. The molecule has 2 heteroatoms. The van der Waals surface area contributed by atoms with Gasteiger partial charge in [-0.15, -0.1) is 0 Å². The zero-order valence-electron chi connectivity index (χ0n) is 12.3. The Morgan fingerprint density at radius 3 is 2.25 bits per heavy atom. The Labute approximate surface area is 103 Å². The van der Waals surface area contributed by atoms with Crippen LogP contribution in [0, 0.1) is 5.41 Å². The van der Waals surface area contributed by atoms with Crippen LogP contribution < -0.4 is 5.32 Å². The first kappa shape index (κ1) is 15.9. The highest BCUT2D eigenvalue weighted by Gasteiger charge is 2.20. The van der Waals surface area contributed by atoms with Gasteiger partial charge in [-0.25, -0.2) is 0 Å². The van der Waals surface area contributed by atoms with Crippen molar-refractivity contribution >= 4 is 0 Å². The van der Waals surface area contributed by atoms with Gasteiger partial charge in [-0.05, 0) is 24.9 Å². The molecule has 0 bridgehead atoms. The number of unbranched alkanes of at least 4 members (excludes halogenated alkanes) is 1. The van der Waals surface area contributed by atoms with Gasteiger partial charge < -0.3 is 10.2 Å². The Kier molecular flexibility index (Phi) is 8.04. The third kappa shape index (κ3) is 8.12. The zero-order chi connectivity index (χ0) is 12.6. The summed E-state index contributed by atoms with van der Waals surface area (Å²) >= 11 is 0. The summed E-state index contributed by atoms with van der Waals surface area (Å²) in [6, 6.07) is 0.588. The van der Waals surface area contributed by atoms with Gasteiger partial charge >= 0.3 is 0 Å². The molecule has 1 N–H and O–H groups in total. The summed E-state index contributed by atoms with van der Waals surface area (Å²) in [5.74, 6) is 0. The van der Waals surface area contributed by atoms with E-state index in [0.717, 1.165) is 6.54 Å². The molecule has 0 fully saturated rings. The summed E-state index contributed by atoms with van der Waals surface area (Å²) in [5, 5.41) is 3.54. The number of hydrogen-bond donors (Lipinski definition) is 1. The van der Waals surface area contributed by atoms with Gasteiger partial charge in [-0.2, -0.15) is 0 Å². The summed E-state index contributed by atoms with van der Waals surface area (Å²) in [6.45, 7) is 18.4. The lowest BCUT2D eigenvalue weighted by atomic mass is 9.92. The summed E-state index contributed by atoms with van der Waals surface area (Å²) in [6.07, 6.45) is 2.61. The van der Waals surface area contributed by atoms with Gasteiger partial charge in [0.25, 0.3) is 0 Å². The van der Waals surface area contributed by atoms with Crippen LogP contribution in [0.5, 0.6) is 0 Å². The van der Waals surface area contributed by atoms with Crippen molar-refractivity contribution in [2.45, 2.75) is 60.4 Å². The molecule has 0 heterocycles. The highest BCUT2D eigenvalue weighted by Crippen LogP contribution is 2.16. The van der Waals surface area contributed by atoms with Crippen molar-refractivity contribution in [2.75, 3.05) is 26.2 Å². The molecule has 0 unspecified atom stereocenters. The second-order valence-corrected chi connectivity index (χ2v) is 5.92. The molecule has 16 heavy (non-hydrogen) atoms. The van der Waals surface area contributed by atoms with E-state index in [2.05, 4.69) is 51.8 Å². The molecular formula is C14H32N2. The molecule has 0 aromatic rings. The summed E-state index contributed by atoms with van der Waals surface area (Å²) < 4.78 is 0. The fourth-order valence-electron chi connectivity index (χ4n) is 1.87. The van der Waals surface area contributed by atoms with Crippen LogP contribution in [0.1, 0.15) is 54.4 Å². The molecule has 2 nitrogen and oxygen atoms in total. The average Bonchev–Trinajstić information content (AvgIpc) is 2.21. The van der Waals surface area contributed by atoms with E-state index in [1.165, 1.54) is 32.5 Å². The predicted octanol–water partition coefficient (Wildman–Crippen LogP) is 3.13. The normalized spacial score (nSPS) is 12.8. The Morgan fingerprint density at radius 1 is 1.19 bits per heavy atom. The van der Waals surface area contributed by atoms with Gasteiger partial charge in [0, 0.05) is 19.1 Å². The Balaban J connectivity index is 3.98. The van der Waals surface area contributed by atoms with Crippen LogP contribution in [0.3, 0.4) is 0 Å². The molecule has 0 rings (SSSR count). The molecule has 0 aliphatic heterocycles. The standard InChI is InChI=1S/C14H32N2/c1-7-9-10-16(8-2)12-14(5,6)11-15-13(3)4/h13,15H,7-12H2,1-6H3. The van der Waals surface area contributed by atoms with E-state index in [-0.39, 0.29) is 0 Å². The Morgan fingerprint density at radius 2 is 1.81 bits per heavy atom. The lowest BCUT2D eigenvalue weighted by molar-refractivity contribution is 0.176. The van der Waals surface area contributed by atoms with Crippen molar-refractivity contribution in [3.63, 3.8) is 0 Å². The first-order chi connectivity index (χ1) is 7.41.